The van der Waals surface area contributed by atoms with Crippen LogP contribution in [0.1, 0.15) is 91.4 Å². The molecule has 3 atom stereocenters. The maximum absolute atomic E-state index is 14.0. The molecule has 1 aliphatic carbocycles. The lowest BCUT2D eigenvalue weighted by Crippen LogP contribution is -2.26. The Morgan fingerprint density at radius 2 is 1.85 bits per heavy atom. The maximum Gasteiger partial charge on any atom is 0.261 e. The molecule has 11 heteroatoms. The van der Waals surface area contributed by atoms with Crippen molar-refractivity contribution in [2.75, 3.05) is 13.7 Å². The number of halogens is 1. The molecule has 8 rings (SSSR count). The highest BCUT2D eigenvalue weighted by Crippen LogP contribution is 2.49. The molecule has 1 N–H and O–H groups in total. The standard InChI is InChI=1S/C36H32FN5O4S/c1-19-40-41-35(46-19)30-24(14-11-20-9-12-21(37)13-10-20)38-33-26-8-5-17-42(26)36(44)32(33)31(30)28-15-16-29(47-28)34(43)39-25-18-27(45-2)23-7-4-3-6-22(23)25/h3-4,6-7,9-10,12-13,15-16,25-27H,5,8,11,14,17-18H2,1-2H3,(H,39,43)/t25-,26-,27+/m1/s1. The van der Waals surface area contributed by atoms with Gasteiger partial charge >= 0.3 is 0 Å². The quantitative estimate of drug-likeness (QED) is 0.194. The van der Waals surface area contributed by atoms with Gasteiger partial charge in [0.1, 0.15) is 5.82 Å². The van der Waals surface area contributed by atoms with Gasteiger partial charge < -0.3 is 19.4 Å². The second-order valence-electron chi connectivity index (χ2n) is 12.3. The van der Waals surface area contributed by atoms with E-state index in [1.807, 2.05) is 35.2 Å². The van der Waals surface area contributed by atoms with E-state index in [0.29, 0.717) is 53.3 Å². The lowest BCUT2D eigenvalue weighted by atomic mass is 9.93. The minimum absolute atomic E-state index is 0.0693. The van der Waals surface area contributed by atoms with Crippen molar-refractivity contribution in [3.63, 3.8) is 0 Å². The van der Waals surface area contributed by atoms with Gasteiger partial charge in [-0.25, -0.2) is 4.39 Å². The summed E-state index contributed by atoms with van der Waals surface area (Å²) in [4.78, 5) is 36.1. The number of pyridine rings is 1. The molecular formula is C36H32FN5O4S. The number of ether oxygens (including phenoxy) is 1. The highest BCUT2D eigenvalue weighted by Gasteiger charge is 2.45. The van der Waals surface area contributed by atoms with Crippen LogP contribution in [0.15, 0.2) is 65.1 Å². The number of nitrogens with zero attached hydrogens (tertiary/aromatic N) is 4. The number of nitrogens with one attached hydrogen (secondary N) is 1. The second-order valence-corrected chi connectivity index (χ2v) is 13.3. The van der Waals surface area contributed by atoms with Crippen molar-refractivity contribution in [3.05, 3.63) is 111 Å². The molecule has 2 aromatic carbocycles. The molecule has 5 heterocycles. The lowest BCUT2D eigenvalue weighted by Gasteiger charge is -2.16. The van der Waals surface area contributed by atoms with Crippen molar-refractivity contribution >= 4 is 23.2 Å². The fourth-order valence-corrected chi connectivity index (χ4v) is 8.26. The zero-order valence-electron chi connectivity index (χ0n) is 26.0. The number of carbonyl (C=O) groups is 2. The number of carbonyl (C=O) groups excluding carboxylic acids is 2. The third-order valence-electron chi connectivity index (χ3n) is 9.48. The highest BCUT2D eigenvalue weighted by molar-refractivity contribution is 7.17. The third kappa shape index (κ3) is 5.14. The van der Waals surface area contributed by atoms with Gasteiger partial charge in [-0.2, -0.15) is 0 Å². The molecule has 238 valence electrons. The molecule has 1 fully saturated rings. The third-order valence-corrected chi connectivity index (χ3v) is 10.6. The number of benzene rings is 2. The molecule has 0 saturated carbocycles. The molecule has 5 aromatic rings. The van der Waals surface area contributed by atoms with Gasteiger partial charge in [-0.3, -0.25) is 14.6 Å². The van der Waals surface area contributed by atoms with Gasteiger partial charge in [0.15, 0.2) is 0 Å². The molecular weight excluding hydrogens is 617 g/mol. The topological polar surface area (TPSA) is 110 Å². The van der Waals surface area contributed by atoms with Gasteiger partial charge in [-0.05, 0) is 66.6 Å². The number of fused-ring (bicyclic) bond motifs is 4. The number of hydrogen-bond acceptors (Lipinski definition) is 8. The summed E-state index contributed by atoms with van der Waals surface area (Å²) in [5, 5.41) is 11.7. The van der Waals surface area contributed by atoms with E-state index >= 15 is 0 Å². The Morgan fingerprint density at radius 1 is 1.04 bits per heavy atom. The normalized spacial score (nSPS) is 19.6. The fourth-order valence-electron chi connectivity index (χ4n) is 7.29. The van der Waals surface area contributed by atoms with Crippen LogP contribution in [-0.4, -0.2) is 45.6 Å². The van der Waals surface area contributed by atoms with Gasteiger partial charge in [-0.15, -0.1) is 21.5 Å². The summed E-state index contributed by atoms with van der Waals surface area (Å²) in [7, 11) is 1.69. The smallest absolute Gasteiger partial charge is 0.261 e. The number of aromatic nitrogens is 3. The molecule has 0 bridgehead atoms. The molecule has 2 amide bonds. The van der Waals surface area contributed by atoms with Crippen LogP contribution in [0.3, 0.4) is 0 Å². The van der Waals surface area contributed by atoms with Gasteiger partial charge in [0, 0.05) is 37.4 Å². The molecule has 3 aliphatic rings. The van der Waals surface area contributed by atoms with Crippen LogP contribution in [0.2, 0.25) is 0 Å². The van der Waals surface area contributed by atoms with Crippen LogP contribution in [0, 0.1) is 12.7 Å². The van der Waals surface area contributed by atoms with Crippen molar-refractivity contribution in [2.24, 2.45) is 0 Å². The van der Waals surface area contributed by atoms with Crippen LogP contribution >= 0.6 is 11.3 Å². The first-order chi connectivity index (χ1) is 22.9. The number of methoxy groups -OCH3 is 1. The van der Waals surface area contributed by atoms with Crippen LogP contribution in [0.4, 0.5) is 4.39 Å². The fraction of sp³-hybridized carbons (Fsp3) is 0.306. The lowest BCUT2D eigenvalue weighted by molar-refractivity contribution is 0.0775. The van der Waals surface area contributed by atoms with Crippen molar-refractivity contribution in [3.8, 4) is 21.9 Å². The first-order valence-electron chi connectivity index (χ1n) is 15.8. The summed E-state index contributed by atoms with van der Waals surface area (Å²) in [6, 6.07) is 17.9. The number of amides is 2. The van der Waals surface area contributed by atoms with Crippen molar-refractivity contribution in [1.82, 2.24) is 25.4 Å². The molecule has 47 heavy (non-hydrogen) atoms. The number of hydrogen-bond donors (Lipinski definition) is 1. The Bertz CT molecular complexity index is 2020. The van der Waals surface area contributed by atoms with Crippen LogP contribution in [0.25, 0.3) is 21.9 Å². The Kier molecular flexibility index (Phi) is 7.45. The van der Waals surface area contributed by atoms with E-state index < -0.39 is 0 Å². The van der Waals surface area contributed by atoms with E-state index in [9.17, 15) is 14.0 Å². The summed E-state index contributed by atoms with van der Waals surface area (Å²) < 4.78 is 25.3. The Morgan fingerprint density at radius 3 is 2.62 bits per heavy atom. The maximum atomic E-state index is 14.0. The van der Waals surface area contributed by atoms with Crippen molar-refractivity contribution < 1.29 is 23.1 Å². The summed E-state index contributed by atoms with van der Waals surface area (Å²) in [6.07, 6.45) is 3.43. The Labute approximate surface area is 274 Å². The zero-order valence-corrected chi connectivity index (χ0v) is 26.8. The number of aryl methyl sites for hydroxylation is 3. The minimum Gasteiger partial charge on any atom is -0.421 e. The molecule has 9 nitrogen and oxygen atoms in total. The number of thiophene rings is 1. The summed E-state index contributed by atoms with van der Waals surface area (Å²) in [5.74, 6) is 0.110. The Hall–Kier alpha value is -4.74. The van der Waals surface area contributed by atoms with Gasteiger partial charge in [-0.1, -0.05) is 36.4 Å². The molecule has 2 aliphatic heterocycles. The monoisotopic (exact) mass is 649 g/mol. The molecule has 0 radical (unpaired) electrons. The minimum atomic E-state index is -0.290. The highest BCUT2D eigenvalue weighted by atomic mass is 32.1. The summed E-state index contributed by atoms with van der Waals surface area (Å²) in [5.41, 5.74) is 6.39. The molecule has 1 saturated heterocycles. The van der Waals surface area contributed by atoms with Gasteiger partial charge in [0.05, 0.1) is 45.6 Å². The largest absolute Gasteiger partial charge is 0.421 e. The van der Waals surface area contributed by atoms with Crippen molar-refractivity contribution in [1.29, 1.82) is 0 Å². The molecule has 3 aromatic heterocycles. The first-order valence-corrected chi connectivity index (χ1v) is 16.7. The van der Waals surface area contributed by atoms with E-state index in [1.165, 1.54) is 23.5 Å². The SMILES string of the molecule is CO[C@H]1C[C@@H](NC(=O)c2ccc(-c3c4c(nc(CCc5ccc(F)cc5)c3-c3nnc(C)o3)[C@H]3CCCN3C4=O)s2)c2ccccc21. The number of rotatable bonds is 8. The predicted molar refractivity (Wildman–Crippen MR) is 173 cm³/mol. The first kappa shape index (κ1) is 29.6. The van der Waals surface area contributed by atoms with Crippen LogP contribution in [0.5, 0.6) is 0 Å². The van der Waals surface area contributed by atoms with E-state index in [4.69, 9.17) is 14.1 Å². The Balaban J connectivity index is 1.21. The average Bonchev–Trinajstić information content (AvgIpc) is 3.92. The van der Waals surface area contributed by atoms with Gasteiger partial charge in [0.25, 0.3) is 11.8 Å². The van der Waals surface area contributed by atoms with Crippen LogP contribution in [-0.2, 0) is 17.6 Å². The van der Waals surface area contributed by atoms with E-state index in [1.54, 1.807) is 32.2 Å². The summed E-state index contributed by atoms with van der Waals surface area (Å²) in [6.45, 7) is 2.39. The van der Waals surface area contributed by atoms with E-state index in [-0.39, 0.29) is 41.7 Å². The van der Waals surface area contributed by atoms with Crippen molar-refractivity contribution in [2.45, 2.75) is 57.2 Å². The zero-order chi connectivity index (χ0) is 32.2. The molecule has 0 unspecified atom stereocenters. The second kappa shape index (κ2) is 11.8. The predicted octanol–water partition coefficient (Wildman–Crippen LogP) is 6.95. The summed E-state index contributed by atoms with van der Waals surface area (Å²) >= 11 is 1.33. The van der Waals surface area contributed by atoms with Crippen LogP contribution < -0.4 is 5.32 Å². The van der Waals surface area contributed by atoms with E-state index in [2.05, 4.69) is 15.5 Å². The average molecular weight is 650 g/mol. The molecule has 0 spiro atoms. The van der Waals surface area contributed by atoms with E-state index in [0.717, 1.165) is 45.8 Å². The van der Waals surface area contributed by atoms with Gasteiger partial charge in [0.2, 0.25) is 11.8 Å².